The summed E-state index contributed by atoms with van der Waals surface area (Å²) >= 11 is 0. The van der Waals surface area contributed by atoms with Gasteiger partial charge < -0.3 is 5.11 Å². The lowest BCUT2D eigenvalue weighted by Gasteiger charge is -2.01. The van der Waals surface area contributed by atoms with Crippen molar-refractivity contribution in [1.82, 2.24) is 0 Å². The first kappa shape index (κ1) is 11.7. The van der Waals surface area contributed by atoms with E-state index in [2.05, 4.69) is 11.8 Å². The van der Waals surface area contributed by atoms with Gasteiger partial charge in [0.1, 0.15) is 0 Å². The Morgan fingerprint density at radius 2 is 2.06 bits per heavy atom. The minimum atomic E-state index is -0.877. The predicted octanol–water partition coefficient (Wildman–Crippen LogP) is 3.23. The zero-order valence-electron chi connectivity index (χ0n) is 9.99. The standard InChI is InChI=1S/C15H16O2/c1-11-10-13(8-9-14(11)15(16)17)7-6-12-4-2-3-5-12/h8-10,12H,2-5H2,1H3,(H,16,17). The first-order valence-electron chi connectivity index (χ1n) is 6.02. The lowest BCUT2D eigenvalue weighted by atomic mass is 10.0. The summed E-state index contributed by atoms with van der Waals surface area (Å²) in [4.78, 5) is 10.9. The van der Waals surface area contributed by atoms with E-state index >= 15 is 0 Å². The number of benzene rings is 1. The highest BCUT2D eigenvalue weighted by atomic mass is 16.4. The van der Waals surface area contributed by atoms with E-state index in [1.54, 1.807) is 12.1 Å². The van der Waals surface area contributed by atoms with Crippen LogP contribution in [0, 0.1) is 24.7 Å². The molecule has 1 aliphatic carbocycles. The van der Waals surface area contributed by atoms with Crippen molar-refractivity contribution in [3.05, 3.63) is 34.9 Å². The summed E-state index contributed by atoms with van der Waals surface area (Å²) in [6.07, 6.45) is 4.99. The molecule has 17 heavy (non-hydrogen) atoms. The van der Waals surface area contributed by atoms with Crippen LogP contribution in [0.25, 0.3) is 0 Å². The van der Waals surface area contributed by atoms with Crippen LogP contribution in [0.5, 0.6) is 0 Å². The Bertz CT molecular complexity index is 485. The van der Waals surface area contributed by atoms with Gasteiger partial charge in [0, 0.05) is 11.5 Å². The predicted molar refractivity (Wildman–Crippen MR) is 67.0 cm³/mol. The second-order valence-electron chi connectivity index (χ2n) is 4.59. The van der Waals surface area contributed by atoms with Crippen molar-refractivity contribution in [2.24, 2.45) is 5.92 Å². The van der Waals surface area contributed by atoms with Crippen LogP contribution in [0.3, 0.4) is 0 Å². The molecule has 0 heterocycles. The van der Waals surface area contributed by atoms with Crippen molar-refractivity contribution in [2.45, 2.75) is 32.6 Å². The zero-order chi connectivity index (χ0) is 12.3. The summed E-state index contributed by atoms with van der Waals surface area (Å²) in [6.45, 7) is 1.81. The number of rotatable bonds is 1. The first-order chi connectivity index (χ1) is 8.16. The molecule has 0 aromatic heterocycles. The number of carboxylic acids is 1. The van der Waals surface area contributed by atoms with E-state index < -0.39 is 5.97 Å². The summed E-state index contributed by atoms with van der Waals surface area (Å²) < 4.78 is 0. The fourth-order valence-electron chi connectivity index (χ4n) is 2.24. The molecule has 0 bridgehead atoms. The molecule has 0 atom stereocenters. The third kappa shape index (κ3) is 2.88. The Balaban J connectivity index is 2.17. The molecule has 1 aliphatic rings. The van der Waals surface area contributed by atoms with Gasteiger partial charge in [-0.3, -0.25) is 0 Å². The molecule has 2 heteroatoms. The molecule has 0 unspecified atom stereocenters. The minimum absolute atomic E-state index is 0.358. The molecule has 0 saturated heterocycles. The van der Waals surface area contributed by atoms with E-state index in [9.17, 15) is 4.79 Å². The Hall–Kier alpha value is -1.75. The second kappa shape index (κ2) is 5.05. The van der Waals surface area contributed by atoms with Crippen molar-refractivity contribution in [3.63, 3.8) is 0 Å². The SMILES string of the molecule is Cc1cc(C#CC2CCCC2)ccc1C(=O)O. The largest absolute Gasteiger partial charge is 0.478 e. The number of hydrogen-bond acceptors (Lipinski definition) is 1. The molecule has 88 valence electrons. The molecule has 0 amide bonds. The molecule has 2 rings (SSSR count). The van der Waals surface area contributed by atoms with Gasteiger partial charge in [-0.15, -0.1) is 0 Å². The summed E-state index contributed by atoms with van der Waals surface area (Å²) in [5.74, 6) is 6.09. The molecule has 1 aromatic carbocycles. The molecule has 1 saturated carbocycles. The van der Waals surface area contributed by atoms with Crippen molar-refractivity contribution < 1.29 is 9.90 Å². The maximum absolute atomic E-state index is 10.9. The van der Waals surface area contributed by atoms with Crippen molar-refractivity contribution in [1.29, 1.82) is 0 Å². The third-order valence-electron chi connectivity index (χ3n) is 3.23. The molecule has 2 nitrogen and oxygen atoms in total. The zero-order valence-corrected chi connectivity index (χ0v) is 9.99. The van der Waals surface area contributed by atoms with Crippen molar-refractivity contribution in [2.75, 3.05) is 0 Å². The van der Waals surface area contributed by atoms with E-state index in [1.807, 2.05) is 13.0 Å². The molecule has 0 spiro atoms. The topological polar surface area (TPSA) is 37.3 Å². The summed E-state index contributed by atoms with van der Waals surface area (Å²) in [5.41, 5.74) is 2.05. The molecule has 0 aliphatic heterocycles. The van der Waals surface area contributed by atoms with E-state index in [-0.39, 0.29) is 0 Å². The number of aromatic carboxylic acids is 1. The third-order valence-corrected chi connectivity index (χ3v) is 3.23. The van der Waals surface area contributed by atoms with Gasteiger partial charge in [0.05, 0.1) is 5.56 Å². The summed E-state index contributed by atoms with van der Waals surface area (Å²) in [5, 5.41) is 8.92. The molecule has 1 fully saturated rings. The molecule has 0 radical (unpaired) electrons. The highest BCUT2D eigenvalue weighted by Gasteiger charge is 2.11. The van der Waals surface area contributed by atoms with Gasteiger partial charge in [-0.2, -0.15) is 0 Å². The van der Waals surface area contributed by atoms with Gasteiger partial charge in [-0.05, 0) is 43.5 Å². The van der Waals surface area contributed by atoms with Crippen LogP contribution in [0.2, 0.25) is 0 Å². The smallest absolute Gasteiger partial charge is 0.335 e. The quantitative estimate of drug-likeness (QED) is 0.749. The monoisotopic (exact) mass is 228 g/mol. The van der Waals surface area contributed by atoms with E-state index in [0.717, 1.165) is 11.1 Å². The highest BCUT2D eigenvalue weighted by molar-refractivity contribution is 5.89. The lowest BCUT2D eigenvalue weighted by Crippen LogP contribution is -1.99. The fourth-order valence-corrected chi connectivity index (χ4v) is 2.24. The highest BCUT2D eigenvalue weighted by Crippen LogP contribution is 2.23. The molecule has 1 N–H and O–H groups in total. The van der Waals surface area contributed by atoms with Crippen LogP contribution < -0.4 is 0 Å². The van der Waals surface area contributed by atoms with Crippen LogP contribution in [-0.4, -0.2) is 11.1 Å². The average molecular weight is 228 g/mol. The van der Waals surface area contributed by atoms with Crippen LogP contribution in [0.15, 0.2) is 18.2 Å². The van der Waals surface area contributed by atoms with E-state index in [1.165, 1.54) is 25.7 Å². The molecule has 1 aromatic rings. The number of carboxylic acid groups (broad SMARTS) is 1. The van der Waals surface area contributed by atoms with Crippen LogP contribution in [0.1, 0.15) is 47.2 Å². The Morgan fingerprint density at radius 3 is 2.65 bits per heavy atom. The average Bonchev–Trinajstić information content (AvgIpc) is 2.78. The van der Waals surface area contributed by atoms with E-state index in [0.29, 0.717) is 11.5 Å². The Kier molecular flexibility index (Phi) is 3.49. The number of aryl methyl sites for hydroxylation is 1. The maximum Gasteiger partial charge on any atom is 0.335 e. The maximum atomic E-state index is 10.9. The van der Waals surface area contributed by atoms with Gasteiger partial charge in [0.25, 0.3) is 0 Å². The van der Waals surface area contributed by atoms with Crippen molar-refractivity contribution in [3.8, 4) is 11.8 Å². The van der Waals surface area contributed by atoms with Crippen LogP contribution >= 0.6 is 0 Å². The van der Waals surface area contributed by atoms with Gasteiger partial charge >= 0.3 is 5.97 Å². The van der Waals surface area contributed by atoms with Gasteiger partial charge in [0.2, 0.25) is 0 Å². The number of hydrogen-bond donors (Lipinski definition) is 1. The minimum Gasteiger partial charge on any atom is -0.478 e. The second-order valence-corrected chi connectivity index (χ2v) is 4.59. The molecular formula is C15H16O2. The normalized spacial score (nSPS) is 15.4. The van der Waals surface area contributed by atoms with Crippen LogP contribution in [-0.2, 0) is 0 Å². The fraction of sp³-hybridized carbons (Fsp3) is 0.400. The van der Waals surface area contributed by atoms with Gasteiger partial charge in [-0.25, -0.2) is 4.79 Å². The number of carbonyl (C=O) groups is 1. The van der Waals surface area contributed by atoms with Gasteiger partial charge in [0.15, 0.2) is 0 Å². The summed E-state index contributed by atoms with van der Waals surface area (Å²) in [6, 6.07) is 5.28. The van der Waals surface area contributed by atoms with Crippen molar-refractivity contribution >= 4 is 5.97 Å². The summed E-state index contributed by atoms with van der Waals surface area (Å²) in [7, 11) is 0. The van der Waals surface area contributed by atoms with E-state index in [4.69, 9.17) is 5.11 Å². The lowest BCUT2D eigenvalue weighted by molar-refractivity contribution is 0.0696. The Morgan fingerprint density at radius 1 is 1.35 bits per heavy atom. The van der Waals surface area contributed by atoms with Crippen LogP contribution in [0.4, 0.5) is 0 Å². The Labute approximate surface area is 102 Å². The first-order valence-corrected chi connectivity index (χ1v) is 6.02. The molecular weight excluding hydrogens is 212 g/mol. The van der Waals surface area contributed by atoms with Gasteiger partial charge in [-0.1, -0.05) is 24.7 Å².